The van der Waals surface area contributed by atoms with Crippen LogP contribution in [0.25, 0.3) is 0 Å². The number of rotatable bonds is 1. The van der Waals surface area contributed by atoms with Crippen LogP contribution in [-0.4, -0.2) is 23.9 Å². The zero-order valence-corrected chi connectivity index (χ0v) is 9.70. The van der Waals surface area contributed by atoms with Gasteiger partial charge in [-0.05, 0) is 49.9 Å². The molecule has 0 aliphatic carbocycles. The number of nitrogen functional groups attached to an aromatic ring is 1. The van der Waals surface area contributed by atoms with Gasteiger partial charge in [0.2, 0.25) is 0 Å². The molecule has 0 atom stereocenters. The average Bonchev–Trinajstić information content (AvgIpc) is 2.28. The molecule has 0 bridgehead atoms. The maximum absolute atomic E-state index is 12.2. The van der Waals surface area contributed by atoms with Crippen molar-refractivity contribution in [1.29, 1.82) is 0 Å². The van der Waals surface area contributed by atoms with E-state index in [1.165, 1.54) is 6.42 Å². The number of carbonyl (C=O) groups excluding carboxylic acids is 1. The van der Waals surface area contributed by atoms with Gasteiger partial charge in [0.05, 0.1) is 0 Å². The van der Waals surface area contributed by atoms with E-state index in [0.29, 0.717) is 5.69 Å². The molecule has 0 saturated carbocycles. The van der Waals surface area contributed by atoms with Gasteiger partial charge in [-0.25, -0.2) is 0 Å². The van der Waals surface area contributed by atoms with Crippen molar-refractivity contribution in [3.05, 3.63) is 29.3 Å². The molecule has 1 aliphatic rings. The number of hydrogen-bond acceptors (Lipinski definition) is 2. The SMILES string of the molecule is Cc1cc(N)cc(C(=O)N2CCCCC2)c1. The lowest BCUT2D eigenvalue weighted by Crippen LogP contribution is -2.35. The van der Waals surface area contributed by atoms with Gasteiger partial charge in [0.1, 0.15) is 0 Å². The van der Waals surface area contributed by atoms with Crippen molar-refractivity contribution in [2.24, 2.45) is 0 Å². The highest BCUT2D eigenvalue weighted by atomic mass is 16.2. The molecule has 1 heterocycles. The van der Waals surface area contributed by atoms with Gasteiger partial charge in [0.15, 0.2) is 0 Å². The maximum Gasteiger partial charge on any atom is 0.253 e. The van der Waals surface area contributed by atoms with E-state index in [0.717, 1.165) is 37.1 Å². The second-order valence-electron chi connectivity index (χ2n) is 4.49. The third-order valence-corrected chi connectivity index (χ3v) is 2.99. The first-order valence-electron chi connectivity index (χ1n) is 5.83. The average molecular weight is 218 g/mol. The Morgan fingerprint density at radius 3 is 2.50 bits per heavy atom. The van der Waals surface area contributed by atoms with E-state index >= 15 is 0 Å². The minimum atomic E-state index is 0.120. The van der Waals surface area contributed by atoms with Crippen molar-refractivity contribution in [3.8, 4) is 0 Å². The number of piperidine rings is 1. The summed E-state index contributed by atoms with van der Waals surface area (Å²) < 4.78 is 0. The van der Waals surface area contributed by atoms with Crippen LogP contribution in [0.1, 0.15) is 35.2 Å². The molecule has 1 aromatic carbocycles. The number of likely N-dealkylation sites (tertiary alicyclic amines) is 1. The van der Waals surface area contributed by atoms with E-state index in [1.807, 2.05) is 24.0 Å². The van der Waals surface area contributed by atoms with Crippen molar-refractivity contribution in [1.82, 2.24) is 4.90 Å². The highest BCUT2D eigenvalue weighted by Crippen LogP contribution is 2.16. The quantitative estimate of drug-likeness (QED) is 0.734. The Kier molecular flexibility index (Phi) is 3.13. The maximum atomic E-state index is 12.2. The Bertz CT molecular complexity index is 375. The standard InChI is InChI=1S/C13H18N2O/c1-10-7-11(9-12(14)8-10)13(16)15-5-3-2-4-6-15/h7-9H,2-6,14H2,1H3. The second kappa shape index (κ2) is 4.56. The number of aryl methyl sites for hydroxylation is 1. The van der Waals surface area contributed by atoms with Crippen LogP contribution in [0.3, 0.4) is 0 Å². The fourth-order valence-electron chi connectivity index (χ4n) is 2.22. The predicted molar refractivity (Wildman–Crippen MR) is 65.3 cm³/mol. The molecule has 3 heteroatoms. The lowest BCUT2D eigenvalue weighted by molar-refractivity contribution is 0.0724. The first kappa shape index (κ1) is 11.0. The van der Waals surface area contributed by atoms with Gasteiger partial charge in [0, 0.05) is 24.3 Å². The molecule has 0 aromatic heterocycles. The van der Waals surface area contributed by atoms with Crippen LogP contribution in [0.15, 0.2) is 18.2 Å². The summed E-state index contributed by atoms with van der Waals surface area (Å²) in [5.74, 6) is 0.120. The summed E-state index contributed by atoms with van der Waals surface area (Å²) in [6.45, 7) is 3.72. The van der Waals surface area contributed by atoms with Crippen LogP contribution >= 0.6 is 0 Å². The van der Waals surface area contributed by atoms with Gasteiger partial charge >= 0.3 is 0 Å². The first-order chi connectivity index (χ1) is 7.66. The van der Waals surface area contributed by atoms with Gasteiger partial charge in [-0.15, -0.1) is 0 Å². The molecule has 0 radical (unpaired) electrons. The molecule has 16 heavy (non-hydrogen) atoms. The molecular weight excluding hydrogens is 200 g/mol. The topological polar surface area (TPSA) is 46.3 Å². The number of anilines is 1. The van der Waals surface area contributed by atoms with Crippen LogP contribution in [0.2, 0.25) is 0 Å². The van der Waals surface area contributed by atoms with Gasteiger partial charge in [-0.2, -0.15) is 0 Å². The van der Waals surface area contributed by atoms with Crippen molar-refractivity contribution < 1.29 is 4.79 Å². The van der Waals surface area contributed by atoms with Gasteiger partial charge < -0.3 is 10.6 Å². The lowest BCUT2D eigenvalue weighted by atomic mass is 10.1. The molecule has 3 nitrogen and oxygen atoms in total. The fraction of sp³-hybridized carbons (Fsp3) is 0.462. The molecular formula is C13H18N2O. The molecule has 1 saturated heterocycles. The largest absolute Gasteiger partial charge is 0.399 e. The van der Waals surface area contributed by atoms with Crippen LogP contribution in [0.4, 0.5) is 5.69 Å². The number of nitrogens with two attached hydrogens (primary N) is 1. The summed E-state index contributed by atoms with van der Waals surface area (Å²) in [6, 6.07) is 5.56. The highest BCUT2D eigenvalue weighted by molar-refractivity contribution is 5.95. The third-order valence-electron chi connectivity index (χ3n) is 2.99. The summed E-state index contributed by atoms with van der Waals surface area (Å²) in [7, 11) is 0. The monoisotopic (exact) mass is 218 g/mol. The molecule has 86 valence electrons. The molecule has 1 aliphatic heterocycles. The van der Waals surface area contributed by atoms with Crippen molar-refractivity contribution in [3.63, 3.8) is 0 Å². The van der Waals surface area contributed by atoms with Crippen molar-refractivity contribution >= 4 is 11.6 Å². The van der Waals surface area contributed by atoms with Gasteiger partial charge in [0.25, 0.3) is 5.91 Å². The van der Waals surface area contributed by atoms with E-state index in [2.05, 4.69) is 0 Å². The number of amides is 1. The van der Waals surface area contributed by atoms with E-state index in [-0.39, 0.29) is 5.91 Å². The molecule has 0 spiro atoms. The van der Waals surface area contributed by atoms with E-state index in [4.69, 9.17) is 5.73 Å². The minimum absolute atomic E-state index is 0.120. The number of benzene rings is 1. The predicted octanol–water partition coefficient (Wildman–Crippen LogP) is 2.20. The van der Waals surface area contributed by atoms with Crippen LogP contribution in [0.5, 0.6) is 0 Å². The van der Waals surface area contributed by atoms with E-state index < -0.39 is 0 Å². The zero-order chi connectivity index (χ0) is 11.5. The first-order valence-corrected chi connectivity index (χ1v) is 5.83. The highest BCUT2D eigenvalue weighted by Gasteiger charge is 2.18. The fourth-order valence-corrected chi connectivity index (χ4v) is 2.22. The van der Waals surface area contributed by atoms with Crippen LogP contribution in [0, 0.1) is 6.92 Å². The van der Waals surface area contributed by atoms with Crippen LogP contribution < -0.4 is 5.73 Å². The molecule has 2 N–H and O–H groups in total. The third kappa shape index (κ3) is 2.35. The molecule has 2 rings (SSSR count). The Hall–Kier alpha value is -1.51. The normalized spacial score (nSPS) is 16.2. The molecule has 1 amide bonds. The van der Waals surface area contributed by atoms with Crippen molar-refractivity contribution in [2.75, 3.05) is 18.8 Å². The summed E-state index contributed by atoms with van der Waals surface area (Å²) in [5.41, 5.74) is 8.19. The van der Waals surface area contributed by atoms with Crippen molar-refractivity contribution in [2.45, 2.75) is 26.2 Å². The number of hydrogen-bond donors (Lipinski definition) is 1. The second-order valence-corrected chi connectivity index (χ2v) is 4.49. The molecule has 0 unspecified atom stereocenters. The Balaban J connectivity index is 2.19. The Morgan fingerprint density at radius 1 is 1.19 bits per heavy atom. The van der Waals surface area contributed by atoms with E-state index in [1.54, 1.807) is 6.07 Å². The van der Waals surface area contributed by atoms with Crippen LogP contribution in [-0.2, 0) is 0 Å². The summed E-state index contributed by atoms with van der Waals surface area (Å²) in [6.07, 6.45) is 3.47. The summed E-state index contributed by atoms with van der Waals surface area (Å²) >= 11 is 0. The Morgan fingerprint density at radius 2 is 1.88 bits per heavy atom. The Labute approximate surface area is 96.2 Å². The summed E-state index contributed by atoms with van der Waals surface area (Å²) in [4.78, 5) is 14.1. The van der Waals surface area contributed by atoms with Gasteiger partial charge in [-0.3, -0.25) is 4.79 Å². The zero-order valence-electron chi connectivity index (χ0n) is 9.70. The van der Waals surface area contributed by atoms with Gasteiger partial charge in [-0.1, -0.05) is 0 Å². The minimum Gasteiger partial charge on any atom is -0.399 e. The molecule has 1 aromatic rings. The smallest absolute Gasteiger partial charge is 0.253 e. The summed E-state index contributed by atoms with van der Waals surface area (Å²) in [5, 5.41) is 0. The van der Waals surface area contributed by atoms with E-state index in [9.17, 15) is 4.79 Å². The molecule has 1 fully saturated rings. The number of nitrogens with zero attached hydrogens (tertiary/aromatic N) is 1. The number of carbonyl (C=O) groups is 1. The lowest BCUT2D eigenvalue weighted by Gasteiger charge is -2.26.